The van der Waals surface area contributed by atoms with Crippen LogP contribution in [0, 0.1) is 0 Å². The molecule has 0 spiro atoms. The maximum absolute atomic E-state index is 12.5. The summed E-state index contributed by atoms with van der Waals surface area (Å²) >= 11 is 0. The van der Waals surface area contributed by atoms with Gasteiger partial charge in [0.1, 0.15) is 6.61 Å². The quantitative estimate of drug-likeness (QED) is 0.898. The molecule has 5 nitrogen and oxygen atoms in total. The zero-order valence-electron chi connectivity index (χ0n) is 12.1. The molecule has 1 saturated heterocycles. The summed E-state index contributed by atoms with van der Waals surface area (Å²) in [5.74, 6) is 1.35. The number of hydrogen-bond acceptors (Lipinski definition) is 4. The van der Waals surface area contributed by atoms with Crippen LogP contribution in [-0.2, 0) is 4.79 Å². The standard InChI is InChI=1S/C15H20N2O3.ClH/c1-17(11-5-4-8-16-9-11)15(18)14-10-19-12-6-2-3-7-13(12)20-14;/h2-3,6-7,11,14,16H,4-5,8-10H2,1H3;1H/t11-,14?;/m1./s1. The average molecular weight is 313 g/mol. The van der Waals surface area contributed by atoms with E-state index in [-0.39, 0.29) is 31.0 Å². The van der Waals surface area contributed by atoms with Crippen molar-refractivity contribution in [2.75, 3.05) is 26.7 Å². The van der Waals surface area contributed by atoms with E-state index in [1.807, 2.05) is 31.3 Å². The number of likely N-dealkylation sites (N-methyl/N-ethyl adjacent to an activating group) is 1. The minimum atomic E-state index is -0.545. The molecule has 2 aliphatic heterocycles. The fourth-order valence-electron chi connectivity index (χ4n) is 2.71. The number of carbonyl (C=O) groups is 1. The van der Waals surface area contributed by atoms with Crippen LogP contribution in [0.3, 0.4) is 0 Å². The molecule has 21 heavy (non-hydrogen) atoms. The number of ether oxygens (including phenoxy) is 2. The molecule has 0 radical (unpaired) electrons. The van der Waals surface area contributed by atoms with Crippen molar-refractivity contribution in [1.82, 2.24) is 10.2 Å². The Morgan fingerprint density at radius 3 is 2.81 bits per heavy atom. The van der Waals surface area contributed by atoms with Crippen LogP contribution in [0.15, 0.2) is 24.3 Å². The highest BCUT2D eigenvalue weighted by Gasteiger charge is 2.32. The molecule has 3 rings (SSSR count). The van der Waals surface area contributed by atoms with Gasteiger partial charge in [0.05, 0.1) is 0 Å². The summed E-state index contributed by atoms with van der Waals surface area (Å²) in [6.45, 7) is 2.17. The number of carbonyl (C=O) groups excluding carboxylic acids is 1. The van der Waals surface area contributed by atoms with Gasteiger partial charge in [-0.15, -0.1) is 12.4 Å². The van der Waals surface area contributed by atoms with Crippen molar-refractivity contribution < 1.29 is 14.3 Å². The maximum atomic E-state index is 12.5. The second-order valence-electron chi connectivity index (χ2n) is 5.31. The Labute approximate surface area is 131 Å². The van der Waals surface area contributed by atoms with E-state index >= 15 is 0 Å². The number of nitrogens with zero attached hydrogens (tertiary/aromatic N) is 1. The smallest absolute Gasteiger partial charge is 0.267 e. The van der Waals surface area contributed by atoms with E-state index < -0.39 is 6.10 Å². The lowest BCUT2D eigenvalue weighted by Crippen LogP contribution is -2.52. The highest BCUT2D eigenvalue weighted by molar-refractivity contribution is 5.85. The molecule has 116 valence electrons. The van der Waals surface area contributed by atoms with Crippen molar-refractivity contribution in [3.05, 3.63) is 24.3 Å². The number of hydrogen-bond donors (Lipinski definition) is 1. The van der Waals surface area contributed by atoms with E-state index in [1.165, 1.54) is 0 Å². The lowest BCUT2D eigenvalue weighted by Gasteiger charge is -2.35. The van der Waals surface area contributed by atoms with E-state index in [4.69, 9.17) is 9.47 Å². The number of rotatable bonds is 2. The Morgan fingerprint density at radius 1 is 1.33 bits per heavy atom. The van der Waals surface area contributed by atoms with Crippen molar-refractivity contribution in [3.63, 3.8) is 0 Å². The summed E-state index contributed by atoms with van der Waals surface area (Å²) in [4.78, 5) is 14.3. The number of amides is 1. The lowest BCUT2D eigenvalue weighted by atomic mass is 10.1. The normalized spacial score (nSPS) is 23.9. The molecule has 1 unspecified atom stereocenters. The Morgan fingerprint density at radius 2 is 2.10 bits per heavy atom. The van der Waals surface area contributed by atoms with Crippen LogP contribution >= 0.6 is 12.4 Å². The third-order valence-electron chi connectivity index (χ3n) is 3.95. The van der Waals surface area contributed by atoms with Gasteiger partial charge in [-0.05, 0) is 31.5 Å². The van der Waals surface area contributed by atoms with Crippen LogP contribution in [-0.4, -0.2) is 49.7 Å². The van der Waals surface area contributed by atoms with Gasteiger partial charge in [-0.3, -0.25) is 4.79 Å². The molecular formula is C15H21ClN2O3. The fraction of sp³-hybridized carbons (Fsp3) is 0.533. The number of nitrogens with one attached hydrogen (secondary N) is 1. The molecule has 2 heterocycles. The maximum Gasteiger partial charge on any atom is 0.267 e. The Hall–Kier alpha value is -1.46. The molecule has 6 heteroatoms. The summed E-state index contributed by atoms with van der Waals surface area (Å²) in [6, 6.07) is 7.70. The van der Waals surface area contributed by atoms with Gasteiger partial charge >= 0.3 is 0 Å². The van der Waals surface area contributed by atoms with Gasteiger partial charge in [-0.2, -0.15) is 0 Å². The SMILES string of the molecule is CN(C(=O)C1COc2ccccc2O1)[C@@H]1CCCNC1.Cl. The van der Waals surface area contributed by atoms with Crippen LogP contribution in [0.1, 0.15) is 12.8 Å². The van der Waals surface area contributed by atoms with E-state index in [0.717, 1.165) is 25.9 Å². The highest BCUT2D eigenvalue weighted by Crippen LogP contribution is 2.31. The molecule has 0 bridgehead atoms. The summed E-state index contributed by atoms with van der Waals surface area (Å²) in [7, 11) is 1.85. The second kappa shape index (κ2) is 7.00. The number of halogens is 1. The first-order valence-electron chi connectivity index (χ1n) is 7.11. The van der Waals surface area contributed by atoms with Gasteiger partial charge in [0.15, 0.2) is 11.5 Å². The van der Waals surface area contributed by atoms with Crippen LogP contribution in [0.5, 0.6) is 11.5 Å². The predicted octanol–water partition coefficient (Wildman–Crippen LogP) is 1.46. The molecule has 0 saturated carbocycles. The zero-order chi connectivity index (χ0) is 13.9. The number of para-hydroxylation sites is 2. The molecule has 1 N–H and O–H groups in total. The molecule has 2 aliphatic rings. The molecule has 1 amide bonds. The van der Waals surface area contributed by atoms with Crippen molar-refractivity contribution >= 4 is 18.3 Å². The van der Waals surface area contributed by atoms with E-state index in [0.29, 0.717) is 11.5 Å². The van der Waals surface area contributed by atoms with Gasteiger partial charge in [0, 0.05) is 19.6 Å². The van der Waals surface area contributed by atoms with E-state index in [2.05, 4.69) is 5.32 Å². The third-order valence-corrected chi connectivity index (χ3v) is 3.95. The summed E-state index contributed by atoms with van der Waals surface area (Å²) in [5.41, 5.74) is 0. The van der Waals surface area contributed by atoms with Crippen LogP contribution in [0.25, 0.3) is 0 Å². The van der Waals surface area contributed by atoms with Crippen molar-refractivity contribution in [1.29, 1.82) is 0 Å². The van der Waals surface area contributed by atoms with E-state index in [1.54, 1.807) is 4.90 Å². The molecule has 0 aliphatic carbocycles. The summed E-state index contributed by atoms with van der Waals surface area (Å²) in [6.07, 6.45) is 1.60. The summed E-state index contributed by atoms with van der Waals surface area (Å²) < 4.78 is 11.4. The second-order valence-corrected chi connectivity index (χ2v) is 5.31. The van der Waals surface area contributed by atoms with Crippen LogP contribution < -0.4 is 14.8 Å². The van der Waals surface area contributed by atoms with Crippen LogP contribution in [0.4, 0.5) is 0 Å². The Balaban J connectivity index is 0.00000161. The number of fused-ring (bicyclic) bond motifs is 1. The first-order valence-corrected chi connectivity index (χ1v) is 7.11. The number of benzene rings is 1. The van der Waals surface area contributed by atoms with Crippen LogP contribution in [0.2, 0.25) is 0 Å². The van der Waals surface area contributed by atoms with Gasteiger partial charge in [-0.1, -0.05) is 12.1 Å². The third kappa shape index (κ3) is 3.41. The van der Waals surface area contributed by atoms with Gasteiger partial charge in [0.25, 0.3) is 5.91 Å². The molecule has 1 aromatic rings. The molecule has 0 aromatic heterocycles. The summed E-state index contributed by atoms with van der Waals surface area (Å²) in [5, 5.41) is 3.32. The van der Waals surface area contributed by atoms with Gasteiger partial charge in [-0.25, -0.2) is 0 Å². The molecule has 1 aromatic carbocycles. The molecule has 1 fully saturated rings. The fourth-order valence-corrected chi connectivity index (χ4v) is 2.71. The minimum absolute atomic E-state index is 0. The molecular weight excluding hydrogens is 292 g/mol. The Bertz CT molecular complexity index is 492. The average Bonchev–Trinajstić information content (AvgIpc) is 2.54. The largest absolute Gasteiger partial charge is 0.485 e. The minimum Gasteiger partial charge on any atom is -0.485 e. The van der Waals surface area contributed by atoms with Gasteiger partial charge in [0.2, 0.25) is 6.10 Å². The molecule has 2 atom stereocenters. The monoisotopic (exact) mass is 312 g/mol. The first-order chi connectivity index (χ1) is 9.75. The van der Waals surface area contributed by atoms with Gasteiger partial charge < -0.3 is 19.7 Å². The zero-order valence-corrected chi connectivity index (χ0v) is 12.9. The first kappa shape index (κ1) is 15.9. The highest BCUT2D eigenvalue weighted by atomic mass is 35.5. The predicted molar refractivity (Wildman–Crippen MR) is 82.3 cm³/mol. The van der Waals surface area contributed by atoms with Crippen molar-refractivity contribution in [2.45, 2.75) is 25.0 Å². The van der Waals surface area contributed by atoms with Crippen molar-refractivity contribution in [3.8, 4) is 11.5 Å². The lowest BCUT2D eigenvalue weighted by molar-refractivity contribution is -0.142. The number of piperidine rings is 1. The van der Waals surface area contributed by atoms with E-state index in [9.17, 15) is 4.79 Å². The Kier molecular flexibility index (Phi) is 5.31. The topological polar surface area (TPSA) is 50.8 Å². The van der Waals surface area contributed by atoms with Crippen molar-refractivity contribution in [2.24, 2.45) is 0 Å².